The predicted molar refractivity (Wildman–Crippen MR) is 211 cm³/mol. The summed E-state index contributed by atoms with van der Waals surface area (Å²) in [7, 11) is 2.08. The molecule has 0 saturated carbocycles. The number of carbonyl (C=O) groups is 1. The molecule has 0 saturated heterocycles. The van der Waals surface area contributed by atoms with Gasteiger partial charge in [-0.3, -0.25) is 4.79 Å². The standard InChI is InChI=1S/C19H16N2OS.C17H11FN2O.C3H6O2S.CO2.CH3O.Na/c1-12-19(20)18-14-7-10-17(21-15(14)8-9-16(18)23-12)22-11-13-5-3-2-4-6-13;18-15-7-8-16-13(14(15)10-19)6-9-17(20-16)21-11-12-4-2-1-3-5-12;1-5-3(4)2-6;2-1-3;1-2;/h2-10H,11,20H2,1H3;1-9H,11H2;6H,2H2,1H3;;1H3;/q;;;;-1;+1. The summed E-state index contributed by atoms with van der Waals surface area (Å²) in [6, 6.07) is 35.9. The van der Waals surface area contributed by atoms with Crippen LogP contribution in [0.2, 0.25) is 0 Å². The molecule has 2 N–H and O–H groups in total. The molecule has 0 spiro atoms. The number of nitrogens with zero attached hydrogens (tertiary/aromatic N) is 3. The molecule has 56 heavy (non-hydrogen) atoms. The van der Waals surface area contributed by atoms with Gasteiger partial charge >= 0.3 is 41.7 Å². The SMILES string of the molecule is COC(=O)CS.C[O-].Cc1sc2ccc3nc(OCc4ccccc4)ccc3c2c1N.N#Cc1c(F)ccc2nc(OCc3ccccc3)ccc12.O=C=O.[Na+]. The molecule has 11 nitrogen and oxygen atoms in total. The molecule has 0 unspecified atom stereocenters. The summed E-state index contributed by atoms with van der Waals surface area (Å²) in [6.07, 6.45) is 0.250. The van der Waals surface area contributed by atoms with Crippen LogP contribution in [0.4, 0.5) is 10.1 Å². The quantitative estimate of drug-likeness (QED) is 0.134. The Bertz CT molecular complexity index is 2380. The van der Waals surface area contributed by atoms with Crippen LogP contribution in [0, 0.1) is 24.1 Å². The van der Waals surface area contributed by atoms with Crippen molar-refractivity contribution < 1.29 is 67.6 Å². The van der Waals surface area contributed by atoms with Gasteiger partial charge in [0.15, 0.2) is 0 Å². The Hall–Kier alpha value is -5.36. The fourth-order valence-electron chi connectivity index (χ4n) is 4.88. The van der Waals surface area contributed by atoms with E-state index < -0.39 is 5.82 Å². The number of aryl methyl sites for hydroxylation is 1. The van der Waals surface area contributed by atoms with Crippen LogP contribution < -0.4 is 49.9 Å². The molecule has 0 aliphatic heterocycles. The van der Waals surface area contributed by atoms with E-state index in [0.717, 1.165) is 45.1 Å². The van der Waals surface area contributed by atoms with Crippen LogP contribution in [-0.2, 0) is 32.3 Å². The van der Waals surface area contributed by atoms with Gasteiger partial charge in [0.05, 0.1) is 35.1 Å². The molecule has 3 heterocycles. The monoisotopic (exact) mass is 802 g/mol. The summed E-state index contributed by atoms with van der Waals surface area (Å²) in [5.41, 5.74) is 10.7. The zero-order valence-corrected chi connectivity index (χ0v) is 34.7. The first-order valence-electron chi connectivity index (χ1n) is 16.2. The van der Waals surface area contributed by atoms with Crippen LogP contribution in [0.1, 0.15) is 21.6 Å². The van der Waals surface area contributed by atoms with Crippen molar-refractivity contribution in [1.82, 2.24) is 9.97 Å². The van der Waals surface area contributed by atoms with Gasteiger partial charge in [0, 0.05) is 37.9 Å². The fraction of sp³-hybridized carbons (Fsp3) is 0.146. The number of benzene rings is 4. The normalized spacial score (nSPS) is 9.52. The number of halogens is 1. The molecular formula is C41H36FN4NaO7S2. The van der Waals surface area contributed by atoms with Gasteiger partial charge < -0.3 is 25.1 Å². The number of thiophene rings is 1. The van der Waals surface area contributed by atoms with Crippen molar-refractivity contribution in [3.05, 3.63) is 137 Å². The van der Waals surface area contributed by atoms with E-state index in [2.05, 4.69) is 40.3 Å². The van der Waals surface area contributed by atoms with Crippen molar-refractivity contribution >= 4 is 73.7 Å². The van der Waals surface area contributed by atoms with E-state index in [4.69, 9.17) is 35.2 Å². The summed E-state index contributed by atoms with van der Waals surface area (Å²) in [4.78, 5) is 36.2. The minimum atomic E-state index is -0.537. The molecular weight excluding hydrogens is 767 g/mol. The van der Waals surface area contributed by atoms with E-state index in [1.807, 2.05) is 84.9 Å². The Morgan fingerprint density at radius 2 is 1.30 bits per heavy atom. The van der Waals surface area contributed by atoms with Gasteiger partial charge in [-0.1, -0.05) is 60.7 Å². The van der Waals surface area contributed by atoms with Gasteiger partial charge in [-0.2, -0.15) is 34.6 Å². The van der Waals surface area contributed by atoms with Crippen LogP contribution >= 0.6 is 24.0 Å². The summed E-state index contributed by atoms with van der Waals surface area (Å²) in [5.74, 6) is 0.410. The molecule has 15 heteroatoms. The molecule has 0 atom stereocenters. The number of hydrogen-bond donors (Lipinski definition) is 2. The number of fused-ring (bicyclic) bond motifs is 4. The predicted octanol–water partition coefficient (Wildman–Crippen LogP) is 4.23. The Balaban J connectivity index is 0.000000304. The van der Waals surface area contributed by atoms with Gasteiger partial charge in [0.25, 0.3) is 0 Å². The van der Waals surface area contributed by atoms with E-state index in [1.165, 1.54) is 17.9 Å². The summed E-state index contributed by atoms with van der Waals surface area (Å²) < 4.78 is 30.3. The van der Waals surface area contributed by atoms with Gasteiger partial charge in [0.1, 0.15) is 25.1 Å². The van der Waals surface area contributed by atoms with E-state index in [-0.39, 0.29) is 53.0 Å². The average molecular weight is 803 g/mol. The molecule has 7 rings (SSSR count). The fourth-order valence-corrected chi connectivity index (χ4v) is 6.01. The minimum absolute atomic E-state index is 0. The third-order valence-corrected chi connectivity index (χ3v) is 8.79. The van der Waals surface area contributed by atoms with Crippen LogP contribution in [-0.4, -0.2) is 42.1 Å². The van der Waals surface area contributed by atoms with E-state index in [1.54, 1.807) is 29.5 Å². The van der Waals surface area contributed by atoms with Crippen molar-refractivity contribution in [1.29, 1.82) is 5.26 Å². The molecule has 0 radical (unpaired) electrons. The van der Waals surface area contributed by atoms with Crippen LogP contribution in [0.15, 0.2) is 109 Å². The number of nitriles is 1. The van der Waals surface area contributed by atoms with Gasteiger partial charge in [0.2, 0.25) is 11.8 Å². The van der Waals surface area contributed by atoms with Gasteiger partial charge in [-0.05, 0) is 54.4 Å². The maximum Gasteiger partial charge on any atom is 1.00 e. The summed E-state index contributed by atoms with van der Waals surface area (Å²) >= 11 is 5.34. The number of carbonyl (C=O) groups excluding carboxylic acids is 3. The molecule has 0 fully saturated rings. The number of methoxy groups -OCH3 is 1. The topological polar surface area (TPSA) is 178 Å². The zero-order valence-electron chi connectivity index (χ0n) is 31.0. The molecule has 3 aromatic heterocycles. The first-order chi connectivity index (χ1) is 26.7. The molecule has 282 valence electrons. The number of hydrogen-bond acceptors (Lipinski definition) is 13. The third-order valence-electron chi connectivity index (χ3n) is 7.44. The number of anilines is 1. The third kappa shape index (κ3) is 13.4. The van der Waals surface area contributed by atoms with Crippen LogP contribution in [0.5, 0.6) is 11.8 Å². The second kappa shape index (κ2) is 24.9. The van der Waals surface area contributed by atoms with Crippen molar-refractivity contribution in [2.24, 2.45) is 0 Å². The number of nitrogens with two attached hydrogens (primary N) is 1. The second-order valence-corrected chi connectivity index (χ2v) is 12.4. The second-order valence-electron chi connectivity index (χ2n) is 10.8. The maximum absolute atomic E-state index is 13.5. The van der Waals surface area contributed by atoms with Crippen molar-refractivity contribution in [3.63, 3.8) is 0 Å². The number of rotatable bonds is 7. The van der Waals surface area contributed by atoms with Crippen molar-refractivity contribution in [2.45, 2.75) is 20.1 Å². The Morgan fingerprint density at radius 1 is 0.821 bits per heavy atom. The Morgan fingerprint density at radius 3 is 1.77 bits per heavy atom. The molecule has 0 bridgehead atoms. The largest absolute Gasteiger partial charge is 1.00 e. The number of ether oxygens (including phenoxy) is 3. The van der Waals surface area contributed by atoms with Crippen LogP contribution in [0.3, 0.4) is 0 Å². The first kappa shape index (κ1) is 46.8. The van der Waals surface area contributed by atoms with E-state index >= 15 is 0 Å². The molecule has 7 aromatic rings. The van der Waals surface area contributed by atoms with Gasteiger partial charge in [-0.25, -0.2) is 14.4 Å². The van der Waals surface area contributed by atoms with Crippen molar-refractivity contribution in [2.75, 3.05) is 25.7 Å². The minimum Gasteiger partial charge on any atom is -0.857 e. The molecule has 0 amide bonds. The average Bonchev–Trinajstić information content (AvgIpc) is 3.53. The number of nitrogen functional groups attached to an aromatic ring is 1. The Labute approximate surface area is 354 Å². The van der Waals surface area contributed by atoms with Gasteiger partial charge in [-0.15, -0.1) is 11.3 Å². The molecule has 0 aliphatic carbocycles. The number of esters is 1. The molecule has 0 aliphatic rings. The zero-order chi connectivity index (χ0) is 40.2. The number of aromatic nitrogens is 2. The summed E-state index contributed by atoms with van der Waals surface area (Å²) in [5, 5.41) is 19.9. The van der Waals surface area contributed by atoms with E-state index in [0.29, 0.717) is 35.9 Å². The van der Waals surface area contributed by atoms with Crippen LogP contribution in [0.25, 0.3) is 31.9 Å². The maximum atomic E-state index is 13.5. The first-order valence-corrected chi connectivity index (χ1v) is 17.7. The van der Waals surface area contributed by atoms with Crippen molar-refractivity contribution in [3.8, 4) is 17.8 Å². The Kier molecular flexibility index (Phi) is 20.8. The number of thiol groups is 1. The van der Waals surface area contributed by atoms with E-state index in [9.17, 15) is 9.18 Å². The smallest absolute Gasteiger partial charge is 0.857 e. The number of pyridine rings is 2. The summed E-state index contributed by atoms with van der Waals surface area (Å²) in [6.45, 7) is 2.98. The molecule has 4 aromatic carbocycles.